The fraction of sp³-hybridized carbons (Fsp3) is 0.450. The van der Waals surface area contributed by atoms with E-state index < -0.39 is 16.1 Å². The van der Waals surface area contributed by atoms with Crippen LogP contribution in [0.3, 0.4) is 0 Å². The van der Waals surface area contributed by atoms with Gasteiger partial charge in [-0.05, 0) is 17.7 Å². The van der Waals surface area contributed by atoms with Gasteiger partial charge in [0.25, 0.3) is 10.0 Å². The van der Waals surface area contributed by atoms with Gasteiger partial charge in [0.2, 0.25) is 5.91 Å². The van der Waals surface area contributed by atoms with Crippen molar-refractivity contribution in [2.45, 2.75) is 10.3 Å². The van der Waals surface area contributed by atoms with Crippen molar-refractivity contribution < 1.29 is 17.9 Å². The van der Waals surface area contributed by atoms with Gasteiger partial charge in [-0.15, -0.1) is 11.3 Å². The summed E-state index contributed by atoms with van der Waals surface area (Å²) in [6.07, 6.45) is 0. The number of benzene rings is 1. The Hall–Kier alpha value is -1.49. The predicted octanol–water partition coefficient (Wildman–Crippen LogP) is 2.31. The average molecular weight is 470 g/mol. The van der Waals surface area contributed by atoms with E-state index in [9.17, 15) is 13.2 Å². The fourth-order valence-corrected chi connectivity index (χ4v) is 6.93. The highest BCUT2D eigenvalue weighted by Crippen LogP contribution is 2.30. The second kappa shape index (κ2) is 9.33. The molecule has 1 aromatic heterocycles. The number of piperazine rings is 1. The predicted molar refractivity (Wildman–Crippen MR) is 116 cm³/mol. The molecule has 0 saturated carbocycles. The van der Waals surface area contributed by atoms with Crippen molar-refractivity contribution in [3.05, 3.63) is 52.4 Å². The summed E-state index contributed by atoms with van der Waals surface area (Å²) in [7, 11) is -3.57. The second-order valence-electron chi connectivity index (χ2n) is 7.25. The molecule has 0 spiro atoms. The van der Waals surface area contributed by atoms with Gasteiger partial charge in [-0.1, -0.05) is 41.9 Å². The number of thiophene rings is 1. The fourth-order valence-electron chi connectivity index (χ4n) is 3.87. The lowest BCUT2D eigenvalue weighted by molar-refractivity contribution is -0.142. The number of morpholine rings is 1. The van der Waals surface area contributed by atoms with Gasteiger partial charge in [0.05, 0.1) is 17.6 Å². The summed E-state index contributed by atoms with van der Waals surface area (Å²) in [5.41, 5.74) is 0.926. The minimum atomic E-state index is -3.57. The van der Waals surface area contributed by atoms with E-state index in [0.29, 0.717) is 56.8 Å². The van der Waals surface area contributed by atoms with Crippen LogP contribution in [0.1, 0.15) is 11.6 Å². The van der Waals surface area contributed by atoms with Gasteiger partial charge >= 0.3 is 0 Å². The van der Waals surface area contributed by atoms with Gasteiger partial charge < -0.3 is 9.64 Å². The molecule has 1 atom stereocenters. The zero-order valence-electron chi connectivity index (χ0n) is 16.4. The van der Waals surface area contributed by atoms with E-state index >= 15 is 0 Å². The van der Waals surface area contributed by atoms with Gasteiger partial charge in [0, 0.05) is 39.3 Å². The molecular formula is C20H24ClN3O4S2. The van der Waals surface area contributed by atoms with Crippen molar-refractivity contribution in [2.75, 3.05) is 52.5 Å². The average Bonchev–Trinajstić information content (AvgIpc) is 3.23. The number of ether oxygens (including phenoxy) is 1. The molecule has 3 heterocycles. The molecule has 2 saturated heterocycles. The Balaban J connectivity index is 1.51. The number of amides is 1. The SMILES string of the molecule is O=C(C(c1ccccc1)N1CCN(S(=O)(=O)c2ccc(Cl)s2)CC1)N1CCOCC1. The van der Waals surface area contributed by atoms with Crippen LogP contribution in [0.15, 0.2) is 46.7 Å². The molecule has 2 aromatic rings. The van der Waals surface area contributed by atoms with Crippen molar-refractivity contribution >= 4 is 38.9 Å². The van der Waals surface area contributed by atoms with Crippen molar-refractivity contribution in [1.29, 1.82) is 0 Å². The Morgan fingerprint density at radius 1 is 0.967 bits per heavy atom. The first kappa shape index (κ1) is 21.7. The van der Waals surface area contributed by atoms with E-state index in [1.807, 2.05) is 35.2 Å². The Bertz CT molecular complexity index is 969. The highest BCUT2D eigenvalue weighted by Gasteiger charge is 2.36. The Labute approximate surface area is 185 Å². The number of nitrogens with zero attached hydrogens (tertiary/aromatic N) is 3. The maximum absolute atomic E-state index is 13.4. The summed E-state index contributed by atoms with van der Waals surface area (Å²) >= 11 is 6.99. The molecule has 1 amide bonds. The summed E-state index contributed by atoms with van der Waals surface area (Å²) in [6.45, 7) is 3.87. The van der Waals surface area contributed by atoms with E-state index in [4.69, 9.17) is 16.3 Å². The maximum atomic E-state index is 13.4. The minimum absolute atomic E-state index is 0.0471. The molecule has 30 heavy (non-hydrogen) atoms. The number of hydrogen-bond donors (Lipinski definition) is 0. The Morgan fingerprint density at radius 3 is 2.23 bits per heavy atom. The molecule has 2 fully saturated rings. The molecule has 0 radical (unpaired) electrons. The van der Waals surface area contributed by atoms with Crippen LogP contribution in [0.5, 0.6) is 0 Å². The lowest BCUT2D eigenvalue weighted by Gasteiger charge is -2.40. The van der Waals surface area contributed by atoms with Crippen molar-refractivity contribution in [3.8, 4) is 0 Å². The quantitative estimate of drug-likeness (QED) is 0.672. The standard InChI is InChI=1S/C20H24ClN3O4S2/c21-17-6-7-18(29-17)30(26,27)24-10-8-22(9-11-24)19(16-4-2-1-3-5-16)20(25)23-12-14-28-15-13-23/h1-7,19H,8-15H2. The molecule has 1 aromatic carbocycles. The molecule has 0 aliphatic carbocycles. The lowest BCUT2D eigenvalue weighted by Crippen LogP contribution is -2.53. The van der Waals surface area contributed by atoms with Crippen LogP contribution in [0, 0.1) is 0 Å². The Kier molecular flexibility index (Phi) is 6.76. The summed E-state index contributed by atoms with van der Waals surface area (Å²) < 4.78 is 33.4. The van der Waals surface area contributed by atoms with Gasteiger partial charge in [-0.25, -0.2) is 8.42 Å². The third kappa shape index (κ3) is 4.56. The third-order valence-corrected chi connectivity index (χ3v) is 9.05. The zero-order chi connectivity index (χ0) is 21.1. The number of sulfonamides is 1. The van der Waals surface area contributed by atoms with Crippen LogP contribution in [0.4, 0.5) is 0 Å². The normalized spacial score (nSPS) is 20.2. The van der Waals surface area contributed by atoms with Crippen LogP contribution in [-0.4, -0.2) is 80.9 Å². The summed E-state index contributed by atoms with van der Waals surface area (Å²) in [5, 5.41) is 0. The smallest absolute Gasteiger partial charge is 0.252 e. The van der Waals surface area contributed by atoms with Crippen molar-refractivity contribution in [2.24, 2.45) is 0 Å². The molecule has 1 unspecified atom stereocenters. The first-order valence-electron chi connectivity index (χ1n) is 9.88. The van der Waals surface area contributed by atoms with E-state index in [1.54, 1.807) is 12.1 Å². The summed E-state index contributed by atoms with van der Waals surface area (Å²) in [4.78, 5) is 17.3. The molecule has 4 rings (SSSR count). The highest BCUT2D eigenvalue weighted by atomic mass is 35.5. The monoisotopic (exact) mass is 469 g/mol. The van der Waals surface area contributed by atoms with Crippen LogP contribution >= 0.6 is 22.9 Å². The van der Waals surface area contributed by atoms with Crippen molar-refractivity contribution in [3.63, 3.8) is 0 Å². The van der Waals surface area contributed by atoms with E-state index in [0.717, 1.165) is 16.9 Å². The van der Waals surface area contributed by atoms with E-state index in [1.165, 1.54) is 4.31 Å². The molecule has 0 bridgehead atoms. The Morgan fingerprint density at radius 2 is 1.63 bits per heavy atom. The third-order valence-electron chi connectivity index (χ3n) is 5.45. The van der Waals surface area contributed by atoms with Gasteiger partial charge in [0.15, 0.2) is 0 Å². The van der Waals surface area contributed by atoms with Crippen molar-refractivity contribution in [1.82, 2.24) is 14.1 Å². The maximum Gasteiger partial charge on any atom is 0.252 e. The van der Waals surface area contributed by atoms with Crippen LogP contribution in [-0.2, 0) is 19.6 Å². The molecular weight excluding hydrogens is 446 g/mol. The van der Waals surface area contributed by atoms with Gasteiger partial charge in [-0.2, -0.15) is 4.31 Å². The topological polar surface area (TPSA) is 70.2 Å². The first-order chi connectivity index (χ1) is 14.5. The molecule has 2 aliphatic rings. The highest BCUT2D eigenvalue weighted by molar-refractivity contribution is 7.91. The molecule has 2 aliphatic heterocycles. The van der Waals surface area contributed by atoms with E-state index in [2.05, 4.69) is 4.90 Å². The number of rotatable bonds is 5. The number of halogens is 1. The molecule has 7 nitrogen and oxygen atoms in total. The number of carbonyl (C=O) groups is 1. The van der Waals surface area contributed by atoms with Crippen LogP contribution in [0.2, 0.25) is 4.34 Å². The zero-order valence-corrected chi connectivity index (χ0v) is 18.8. The molecule has 162 valence electrons. The van der Waals surface area contributed by atoms with Crippen LogP contribution < -0.4 is 0 Å². The largest absolute Gasteiger partial charge is 0.378 e. The summed E-state index contributed by atoms with van der Waals surface area (Å²) in [5.74, 6) is 0.0471. The number of hydrogen-bond acceptors (Lipinski definition) is 6. The first-order valence-corrected chi connectivity index (χ1v) is 12.5. The molecule has 0 N–H and O–H groups in total. The van der Waals surface area contributed by atoms with Gasteiger partial charge in [-0.3, -0.25) is 9.69 Å². The van der Waals surface area contributed by atoms with Gasteiger partial charge in [0.1, 0.15) is 10.3 Å². The van der Waals surface area contributed by atoms with Crippen LogP contribution in [0.25, 0.3) is 0 Å². The number of carbonyl (C=O) groups excluding carboxylic acids is 1. The summed E-state index contributed by atoms with van der Waals surface area (Å²) in [6, 6.07) is 12.4. The molecule has 10 heteroatoms. The van der Waals surface area contributed by atoms with E-state index in [-0.39, 0.29) is 10.1 Å². The second-order valence-corrected chi connectivity index (χ2v) is 11.1. The lowest BCUT2D eigenvalue weighted by atomic mass is 10.0. The minimum Gasteiger partial charge on any atom is -0.378 e.